The van der Waals surface area contributed by atoms with Gasteiger partial charge in [0.15, 0.2) is 0 Å². The minimum absolute atomic E-state index is 0.706. The summed E-state index contributed by atoms with van der Waals surface area (Å²) in [5, 5.41) is 0. The number of hydrogen-bond acceptors (Lipinski definition) is 0. The molecule has 2 aliphatic carbocycles. The summed E-state index contributed by atoms with van der Waals surface area (Å²) in [6.07, 6.45) is 7.89. The van der Waals surface area contributed by atoms with Gasteiger partial charge in [0.05, 0.1) is 0 Å². The molecular weight excluding hydrogens is 456 g/mol. The zero-order valence-electron chi connectivity index (χ0n) is 21.6. The van der Waals surface area contributed by atoms with Gasteiger partial charge in [-0.2, -0.15) is 0 Å². The third-order valence-corrected chi connectivity index (χ3v) is 16.2. The molecule has 1 heteroatoms. The molecule has 5 rings (SSSR count). The van der Waals surface area contributed by atoms with Crippen molar-refractivity contribution >= 4 is 0 Å². The third kappa shape index (κ3) is 5.21. The standard InChI is InChI=1S/C13H19.3C7H7.Ti/c1-3-10-9-11-7-5-6-8-13(11)12(10)4-2;3*1-7-5-3-2-4-6-7;/h12H,3-8H2,1-2H3;3*2-6H,1H2;. The van der Waals surface area contributed by atoms with E-state index in [4.69, 9.17) is 0 Å². The van der Waals surface area contributed by atoms with Crippen LogP contribution in [0.15, 0.2) is 112 Å². The first-order valence-corrected chi connectivity index (χ1v) is 17.9. The van der Waals surface area contributed by atoms with Crippen LogP contribution in [-0.2, 0) is 30.8 Å². The Morgan fingerprint density at radius 2 is 1.09 bits per heavy atom. The Bertz CT molecular complexity index is 1070. The van der Waals surface area contributed by atoms with Gasteiger partial charge in [0.25, 0.3) is 0 Å². The second kappa shape index (κ2) is 11.3. The van der Waals surface area contributed by atoms with Gasteiger partial charge in [-0.3, -0.25) is 0 Å². The summed E-state index contributed by atoms with van der Waals surface area (Å²) < 4.78 is 5.76. The van der Waals surface area contributed by atoms with E-state index in [1.165, 1.54) is 52.7 Å². The normalized spacial score (nSPS) is 18.2. The van der Waals surface area contributed by atoms with Crippen molar-refractivity contribution < 1.29 is 16.6 Å². The monoisotopic (exact) mass is 496 g/mol. The second-order valence-corrected chi connectivity index (χ2v) is 17.1. The van der Waals surface area contributed by atoms with E-state index in [1.807, 2.05) is 20.6 Å². The molecule has 0 heterocycles. The van der Waals surface area contributed by atoms with Gasteiger partial charge in [0.2, 0.25) is 0 Å². The topological polar surface area (TPSA) is 0 Å². The van der Waals surface area contributed by atoms with Gasteiger partial charge in [0.1, 0.15) is 0 Å². The Morgan fingerprint density at radius 1 is 0.629 bits per heavy atom. The van der Waals surface area contributed by atoms with Gasteiger partial charge in [-0.05, 0) is 0 Å². The molecule has 0 N–H and O–H groups in total. The first-order chi connectivity index (χ1) is 17.2. The van der Waals surface area contributed by atoms with Crippen LogP contribution >= 0.6 is 0 Å². The fraction of sp³-hybridized carbons (Fsp3) is 0.353. The molecule has 0 aliphatic heterocycles. The van der Waals surface area contributed by atoms with E-state index in [0.29, 0.717) is 5.92 Å². The maximum absolute atomic E-state index is 2.74. The van der Waals surface area contributed by atoms with Crippen molar-refractivity contribution in [2.24, 2.45) is 5.92 Å². The van der Waals surface area contributed by atoms with Gasteiger partial charge >= 0.3 is 217 Å². The van der Waals surface area contributed by atoms with Crippen molar-refractivity contribution in [3.63, 3.8) is 0 Å². The predicted octanol–water partition coefficient (Wildman–Crippen LogP) is 9.32. The summed E-state index contributed by atoms with van der Waals surface area (Å²) >= 11 is -2.74. The summed E-state index contributed by atoms with van der Waals surface area (Å²) in [4.78, 5) is 0. The number of rotatable bonds is 9. The Labute approximate surface area is 216 Å². The Morgan fingerprint density at radius 3 is 1.51 bits per heavy atom. The molecule has 0 fully saturated rings. The van der Waals surface area contributed by atoms with Crippen LogP contribution in [-0.4, -0.2) is 0 Å². The second-order valence-electron chi connectivity index (χ2n) is 10.7. The fourth-order valence-electron chi connectivity index (χ4n) is 7.17. The predicted molar refractivity (Wildman–Crippen MR) is 147 cm³/mol. The fourth-order valence-corrected chi connectivity index (χ4v) is 16.4. The van der Waals surface area contributed by atoms with E-state index in [1.54, 1.807) is 16.7 Å². The quantitative estimate of drug-likeness (QED) is 0.259. The van der Waals surface area contributed by atoms with E-state index >= 15 is 0 Å². The number of benzene rings is 3. The SMILES string of the molecule is CCC1=[C]([Ti]([CH2]c2ccccc2)([CH2]c2ccccc2)[CH2]c2ccccc2)C2=C(CCCC2)C1CC. The zero-order chi connectivity index (χ0) is 24.1. The average Bonchev–Trinajstić information content (AvgIpc) is 3.24. The summed E-state index contributed by atoms with van der Waals surface area (Å²) in [5.41, 5.74) is 10.1. The molecule has 3 aromatic carbocycles. The van der Waals surface area contributed by atoms with Gasteiger partial charge < -0.3 is 0 Å². The zero-order valence-corrected chi connectivity index (χ0v) is 23.2. The Hall–Kier alpha value is -2.15. The van der Waals surface area contributed by atoms with E-state index in [2.05, 4.69) is 105 Å². The van der Waals surface area contributed by atoms with E-state index in [9.17, 15) is 0 Å². The molecule has 1 unspecified atom stereocenters. The molecule has 0 aromatic heterocycles. The van der Waals surface area contributed by atoms with Crippen LogP contribution in [0.5, 0.6) is 0 Å². The molecule has 1 atom stereocenters. The van der Waals surface area contributed by atoms with Crippen LogP contribution in [0.2, 0.25) is 0 Å². The van der Waals surface area contributed by atoms with Crippen LogP contribution in [0.3, 0.4) is 0 Å². The van der Waals surface area contributed by atoms with Gasteiger partial charge in [0, 0.05) is 0 Å². The van der Waals surface area contributed by atoms with E-state index in [-0.39, 0.29) is 0 Å². The van der Waals surface area contributed by atoms with Crippen molar-refractivity contribution in [1.29, 1.82) is 0 Å². The van der Waals surface area contributed by atoms with Crippen molar-refractivity contribution in [2.75, 3.05) is 0 Å². The minimum atomic E-state index is -2.74. The molecule has 0 amide bonds. The molecule has 180 valence electrons. The molecular formula is C34H40Ti. The molecule has 0 spiro atoms. The first-order valence-electron chi connectivity index (χ1n) is 13.8. The third-order valence-electron chi connectivity index (χ3n) is 8.45. The molecule has 3 aromatic rings. The summed E-state index contributed by atoms with van der Waals surface area (Å²) in [6, 6.07) is 34.4. The molecule has 0 saturated heterocycles. The molecule has 35 heavy (non-hydrogen) atoms. The van der Waals surface area contributed by atoms with Crippen LogP contribution in [0.1, 0.15) is 69.1 Å². The number of hydrogen-bond donors (Lipinski definition) is 0. The van der Waals surface area contributed by atoms with E-state index < -0.39 is 16.6 Å². The molecule has 0 bridgehead atoms. The molecule has 2 aliphatic rings. The molecule has 0 nitrogen and oxygen atoms in total. The van der Waals surface area contributed by atoms with Crippen LogP contribution in [0.4, 0.5) is 0 Å². The van der Waals surface area contributed by atoms with Crippen LogP contribution in [0.25, 0.3) is 0 Å². The van der Waals surface area contributed by atoms with Crippen molar-refractivity contribution in [1.82, 2.24) is 0 Å². The molecule has 0 radical (unpaired) electrons. The van der Waals surface area contributed by atoms with E-state index in [0.717, 1.165) is 0 Å². The van der Waals surface area contributed by atoms with Gasteiger partial charge in [-0.25, -0.2) is 0 Å². The number of allylic oxidation sites excluding steroid dienone is 4. The summed E-state index contributed by atoms with van der Waals surface area (Å²) in [7, 11) is 0. The summed E-state index contributed by atoms with van der Waals surface area (Å²) in [6.45, 7) is 4.87. The average molecular weight is 497 g/mol. The first kappa shape index (κ1) is 24.5. The summed E-state index contributed by atoms with van der Waals surface area (Å²) in [5.74, 6) is 0.706. The van der Waals surface area contributed by atoms with Gasteiger partial charge in [-0.15, -0.1) is 0 Å². The van der Waals surface area contributed by atoms with Crippen molar-refractivity contribution in [3.8, 4) is 0 Å². The molecule has 0 saturated carbocycles. The van der Waals surface area contributed by atoms with Crippen LogP contribution < -0.4 is 0 Å². The van der Waals surface area contributed by atoms with Crippen molar-refractivity contribution in [3.05, 3.63) is 128 Å². The van der Waals surface area contributed by atoms with Gasteiger partial charge in [-0.1, -0.05) is 0 Å². The maximum atomic E-state index is 2.44. The Balaban J connectivity index is 1.74. The van der Waals surface area contributed by atoms with Crippen molar-refractivity contribution in [2.45, 2.75) is 66.5 Å². The Kier molecular flexibility index (Phi) is 7.91. The van der Waals surface area contributed by atoms with Crippen LogP contribution in [0, 0.1) is 5.92 Å².